The molecular formula is C26H35Cl2N3O6S. The van der Waals surface area contributed by atoms with E-state index in [2.05, 4.69) is 5.32 Å². The molecule has 9 nitrogen and oxygen atoms in total. The van der Waals surface area contributed by atoms with Crippen LogP contribution in [0.1, 0.15) is 32.8 Å². The summed E-state index contributed by atoms with van der Waals surface area (Å²) in [5, 5.41) is 3.53. The standard InChI is InChI=1S/C26H35Cl2N3O6S/c1-7-22(26(33)29-14-17(2)3)30(15-18-8-10-20(27)21(28)12-18)25(32)16-31(38(6,34)35)23-11-9-19(36-4)13-24(23)37-5/h8-13,17,22H,7,14-16H2,1-6H3,(H,29,33)/t22-/m0/s1. The number of nitrogens with zero attached hydrogens (tertiary/aromatic N) is 2. The first kappa shape index (κ1) is 31.5. The fourth-order valence-corrected chi connectivity index (χ4v) is 4.94. The van der Waals surface area contributed by atoms with Crippen LogP contribution in [0.5, 0.6) is 11.5 Å². The second-order valence-corrected chi connectivity index (χ2v) is 11.9. The van der Waals surface area contributed by atoms with Crippen molar-refractivity contribution in [1.29, 1.82) is 0 Å². The summed E-state index contributed by atoms with van der Waals surface area (Å²) in [6.07, 6.45) is 1.31. The van der Waals surface area contributed by atoms with Gasteiger partial charge in [0.1, 0.15) is 24.1 Å². The fraction of sp³-hybridized carbons (Fsp3) is 0.462. The molecule has 0 unspecified atom stereocenters. The molecule has 0 spiro atoms. The summed E-state index contributed by atoms with van der Waals surface area (Å²) in [6.45, 7) is 5.61. The van der Waals surface area contributed by atoms with Gasteiger partial charge in [0, 0.05) is 19.2 Å². The third-order valence-corrected chi connectivity index (χ3v) is 7.61. The molecule has 0 radical (unpaired) electrons. The van der Waals surface area contributed by atoms with Gasteiger partial charge in [-0.15, -0.1) is 0 Å². The third-order valence-electron chi connectivity index (χ3n) is 5.74. The van der Waals surface area contributed by atoms with Gasteiger partial charge in [0.2, 0.25) is 21.8 Å². The smallest absolute Gasteiger partial charge is 0.244 e. The fourth-order valence-electron chi connectivity index (χ4n) is 3.76. The van der Waals surface area contributed by atoms with Crippen LogP contribution in [0.15, 0.2) is 36.4 Å². The SMILES string of the molecule is CC[C@@H](C(=O)NCC(C)C)N(Cc1ccc(Cl)c(Cl)c1)C(=O)CN(c1ccc(OC)cc1OC)S(C)(=O)=O. The predicted octanol–water partition coefficient (Wildman–Crippen LogP) is 4.36. The van der Waals surface area contributed by atoms with E-state index in [9.17, 15) is 18.0 Å². The first-order chi connectivity index (χ1) is 17.8. The lowest BCUT2D eigenvalue weighted by molar-refractivity contribution is -0.140. The number of halogens is 2. The van der Waals surface area contributed by atoms with E-state index in [4.69, 9.17) is 32.7 Å². The molecule has 38 heavy (non-hydrogen) atoms. The van der Waals surface area contributed by atoms with Gasteiger partial charge in [-0.05, 0) is 42.2 Å². The minimum absolute atomic E-state index is 0.0146. The number of rotatable bonds is 13. The number of carbonyl (C=O) groups excluding carboxylic acids is 2. The third kappa shape index (κ3) is 8.41. The number of nitrogens with one attached hydrogen (secondary N) is 1. The zero-order valence-electron chi connectivity index (χ0n) is 22.5. The number of ether oxygens (including phenoxy) is 2. The molecule has 2 rings (SSSR count). The Balaban J connectivity index is 2.51. The van der Waals surface area contributed by atoms with Crippen molar-refractivity contribution in [1.82, 2.24) is 10.2 Å². The molecule has 0 aliphatic rings. The maximum absolute atomic E-state index is 13.8. The molecule has 0 heterocycles. The molecule has 0 saturated carbocycles. The van der Waals surface area contributed by atoms with Gasteiger partial charge < -0.3 is 19.7 Å². The summed E-state index contributed by atoms with van der Waals surface area (Å²) in [5.41, 5.74) is 0.798. The lowest BCUT2D eigenvalue weighted by atomic mass is 10.1. The van der Waals surface area contributed by atoms with Crippen LogP contribution in [0.4, 0.5) is 5.69 Å². The Labute approximate surface area is 235 Å². The van der Waals surface area contributed by atoms with Crippen molar-refractivity contribution >= 4 is 50.7 Å². The quantitative estimate of drug-likeness (QED) is 0.373. The Kier molecular flexibility index (Phi) is 11.5. The number of hydrogen-bond donors (Lipinski definition) is 1. The summed E-state index contributed by atoms with van der Waals surface area (Å²) >= 11 is 12.3. The molecule has 0 saturated heterocycles. The highest BCUT2D eigenvalue weighted by Gasteiger charge is 2.32. The minimum Gasteiger partial charge on any atom is -0.497 e. The second kappa shape index (κ2) is 13.9. The van der Waals surface area contributed by atoms with Gasteiger partial charge in [0.25, 0.3) is 0 Å². The number of anilines is 1. The summed E-state index contributed by atoms with van der Waals surface area (Å²) in [4.78, 5) is 28.3. The van der Waals surface area contributed by atoms with Gasteiger partial charge >= 0.3 is 0 Å². The summed E-state index contributed by atoms with van der Waals surface area (Å²) in [5.74, 6) is -0.0350. The van der Waals surface area contributed by atoms with E-state index >= 15 is 0 Å². The Morgan fingerprint density at radius 3 is 2.24 bits per heavy atom. The van der Waals surface area contributed by atoms with Crippen molar-refractivity contribution in [3.63, 3.8) is 0 Å². The molecule has 210 valence electrons. The molecule has 1 N–H and O–H groups in total. The second-order valence-electron chi connectivity index (χ2n) is 9.14. The molecule has 2 amide bonds. The Hall–Kier alpha value is -2.69. The molecule has 0 aliphatic heterocycles. The molecule has 1 atom stereocenters. The van der Waals surface area contributed by atoms with E-state index in [1.165, 1.54) is 31.3 Å². The van der Waals surface area contributed by atoms with E-state index in [1.807, 2.05) is 13.8 Å². The maximum Gasteiger partial charge on any atom is 0.244 e. The van der Waals surface area contributed by atoms with Crippen LogP contribution >= 0.6 is 23.2 Å². The summed E-state index contributed by atoms with van der Waals surface area (Å²) < 4.78 is 37.3. The van der Waals surface area contributed by atoms with E-state index < -0.39 is 28.5 Å². The van der Waals surface area contributed by atoms with Crippen LogP contribution in [0.25, 0.3) is 0 Å². The molecule has 0 bridgehead atoms. The van der Waals surface area contributed by atoms with E-state index in [0.29, 0.717) is 34.3 Å². The van der Waals surface area contributed by atoms with Crippen molar-refractivity contribution in [2.24, 2.45) is 5.92 Å². The van der Waals surface area contributed by atoms with Crippen LogP contribution in [0.2, 0.25) is 10.0 Å². The van der Waals surface area contributed by atoms with Gasteiger partial charge in [-0.1, -0.05) is 50.0 Å². The normalized spacial score (nSPS) is 12.1. The van der Waals surface area contributed by atoms with Crippen molar-refractivity contribution in [3.8, 4) is 11.5 Å². The van der Waals surface area contributed by atoms with Gasteiger partial charge in [-0.25, -0.2) is 8.42 Å². The van der Waals surface area contributed by atoms with E-state index in [1.54, 1.807) is 31.2 Å². The van der Waals surface area contributed by atoms with Crippen molar-refractivity contribution in [2.75, 3.05) is 37.9 Å². The average Bonchev–Trinajstić information content (AvgIpc) is 2.86. The monoisotopic (exact) mass is 587 g/mol. The first-order valence-electron chi connectivity index (χ1n) is 12.0. The number of carbonyl (C=O) groups is 2. The average molecular weight is 589 g/mol. The van der Waals surface area contributed by atoms with E-state index in [0.717, 1.165) is 10.6 Å². The highest BCUT2D eigenvalue weighted by Crippen LogP contribution is 2.34. The lowest BCUT2D eigenvalue weighted by Gasteiger charge is -2.33. The largest absolute Gasteiger partial charge is 0.497 e. The first-order valence-corrected chi connectivity index (χ1v) is 14.6. The Morgan fingerprint density at radius 1 is 1.03 bits per heavy atom. The molecule has 0 aliphatic carbocycles. The lowest BCUT2D eigenvalue weighted by Crippen LogP contribution is -2.52. The van der Waals surface area contributed by atoms with Gasteiger partial charge in [0.15, 0.2) is 0 Å². The van der Waals surface area contributed by atoms with Crippen LogP contribution < -0.4 is 19.1 Å². The molecule has 12 heteroatoms. The van der Waals surface area contributed by atoms with Gasteiger partial charge in [-0.3, -0.25) is 13.9 Å². The highest BCUT2D eigenvalue weighted by molar-refractivity contribution is 7.92. The number of amides is 2. The van der Waals surface area contributed by atoms with Crippen molar-refractivity contribution < 1.29 is 27.5 Å². The molecule has 0 aromatic heterocycles. The van der Waals surface area contributed by atoms with Crippen molar-refractivity contribution in [2.45, 2.75) is 39.8 Å². The molecule has 2 aromatic rings. The predicted molar refractivity (Wildman–Crippen MR) is 151 cm³/mol. The van der Waals surface area contributed by atoms with Crippen molar-refractivity contribution in [3.05, 3.63) is 52.0 Å². The van der Waals surface area contributed by atoms with E-state index in [-0.39, 0.29) is 29.8 Å². The number of hydrogen-bond acceptors (Lipinski definition) is 6. The molecular weight excluding hydrogens is 553 g/mol. The van der Waals surface area contributed by atoms with Gasteiger partial charge in [-0.2, -0.15) is 0 Å². The topological polar surface area (TPSA) is 105 Å². The number of methoxy groups -OCH3 is 2. The summed E-state index contributed by atoms with van der Waals surface area (Å²) in [7, 11) is -1.07. The molecule has 2 aromatic carbocycles. The molecule has 0 fully saturated rings. The zero-order chi connectivity index (χ0) is 28.6. The van der Waals surface area contributed by atoms with Crippen LogP contribution in [0, 0.1) is 5.92 Å². The van der Waals surface area contributed by atoms with Crippen LogP contribution in [-0.4, -0.2) is 64.7 Å². The highest BCUT2D eigenvalue weighted by atomic mass is 35.5. The number of benzene rings is 2. The van der Waals surface area contributed by atoms with Crippen LogP contribution in [0.3, 0.4) is 0 Å². The Morgan fingerprint density at radius 2 is 1.71 bits per heavy atom. The number of sulfonamides is 1. The summed E-state index contributed by atoms with van der Waals surface area (Å²) in [6, 6.07) is 8.67. The minimum atomic E-state index is -3.93. The van der Waals surface area contributed by atoms with Crippen LogP contribution in [-0.2, 0) is 26.2 Å². The van der Waals surface area contributed by atoms with Gasteiger partial charge in [0.05, 0.1) is 36.2 Å². The maximum atomic E-state index is 13.8. The Bertz CT molecular complexity index is 1240. The zero-order valence-corrected chi connectivity index (χ0v) is 24.8.